The highest BCUT2D eigenvalue weighted by atomic mass is 16.6. The number of aliphatic hydroxyl groups excluding tert-OH is 1. The van der Waals surface area contributed by atoms with Crippen molar-refractivity contribution < 1.29 is 19.3 Å². The van der Waals surface area contributed by atoms with Gasteiger partial charge in [-0.2, -0.15) is 0 Å². The Morgan fingerprint density at radius 1 is 0.765 bits per heavy atom. The molecule has 17 heavy (non-hydrogen) atoms. The third kappa shape index (κ3) is 12.1. The molecule has 4 heteroatoms. The van der Waals surface area contributed by atoms with Gasteiger partial charge < -0.3 is 19.3 Å². The Bertz CT molecular complexity index is 171. The van der Waals surface area contributed by atoms with Crippen molar-refractivity contribution in [3.05, 3.63) is 0 Å². The van der Waals surface area contributed by atoms with Gasteiger partial charge in [0.25, 0.3) is 0 Å². The van der Waals surface area contributed by atoms with Crippen LogP contribution in [0.15, 0.2) is 0 Å². The smallest absolute Gasteiger partial charge is 0.0781 e. The van der Waals surface area contributed by atoms with Crippen LogP contribution in [-0.4, -0.2) is 49.8 Å². The maximum Gasteiger partial charge on any atom is 0.0781 e. The van der Waals surface area contributed by atoms with Gasteiger partial charge in [0, 0.05) is 6.61 Å². The molecule has 3 unspecified atom stereocenters. The molecule has 4 nitrogen and oxygen atoms in total. The molecule has 0 aliphatic carbocycles. The summed E-state index contributed by atoms with van der Waals surface area (Å²) < 4.78 is 16.4. The summed E-state index contributed by atoms with van der Waals surface area (Å²) in [7, 11) is 0. The number of aliphatic hydroxyl groups is 1. The van der Waals surface area contributed by atoms with Crippen molar-refractivity contribution >= 4 is 0 Å². The lowest BCUT2D eigenvalue weighted by Crippen LogP contribution is -2.25. The molecule has 0 saturated heterocycles. The minimum atomic E-state index is -0.421. The van der Waals surface area contributed by atoms with Gasteiger partial charge in [-0.15, -0.1) is 0 Å². The molecule has 0 saturated carbocycles. The molecular weight excluding hydrogens is 220 g/mol. The molecule has 0 aromatic rings. The van der Waals surface area contributed by atoms with Crippen LogP contribution < -0.4 is 0 Å². The predicted molar refractivity (Wildman–Crippen MR) is 68.2 cm³/mol. The van der Waals surface area contributed by atoms with Crippen LogP contribution in [-0.2, 0) is 14.2 Å². The maximum atomic E-state index is 9.02. The summed E-state index contributed by atoms with van der Waals surface area (Å²) in [4.78, 5) is 0. The normalized spacial score (nSPS) is 17.1. The number of hydrogen-bond acceptors (Lipinski definition) is 4. The van der Waals surface area contributed by atoms with E-state index in [-0.39, 0.29) is 12.2 Å². The van der Waals surface area contributed by atoms with Gasteiger partial charge in [0.2, 0.25) is 0 Å². The summed E-state index contributed by atoms with van der Waals surface area (Å²) in [6.45, 7) is 12.1. The Hall–Kier alpha value is -0.160. The van der Waals surface area contributed by atoms with E-state index in [4.69, 9.17) is 19.3 Å². The molecule has 0 amide bonds. The predicted octanol–water partition coefficient (Wildman–Crippen LogP) is 1.85. The zero-order valence-corrected chi connectivity index (χ0v) is 11.8. The maximum absolute atomic E-state index is 9.02. The SMILES string of the molecule is CC(C)COC(C)COC(C)COCC(C)O. The summed E-state index contributed by atoms with van der Waals surface area (Å²) in [5, 5.41) is 9.02. The summed E-state index contributed by atoms with van der Waals surface area (Å²) >= 11 is 0. The summed E-state index contributed by atoms with van der Waals surface area (Å²) in [6, 6.07) is 0. The summed E-state index contributed by atoms with van der Waals surface area (Å²) in [5.41, 5.74) is 0. The van der Waals surface area contributed by atoms with Gasteiger partial charge in [-0.25, -0.2) is 0 Å². The quantitative estimate of drug-likeness (QED) is 0.641. The van der Waals surface area contributed by atoms with Crippen molar-refractivity contribution in [1.29, 1.82) is 0 Å². The van der Waals surface area contributed by atoms with E-state index in [1.807, 2.05) is 13.8 Å². The monoisotopic (exact) mass is 248 g/mol. The van der Waals surface area contributed by atoms with Crippen LogP contribution in [0.1, 0.15) is 34.6 Å². The van der Waals surface area contributed by atoms with E-state index in [9.17, 15) is 0 Å². The van der Waals surface area contributed by atoms with E-state index in [0.717, 1.165) is 6.61 Å². The minimum absolute atomic E-state index is 0.0267. The minimum Gasteiger partial charge on any atom is -0.391 e. The second-order valence-electron chi connectivity index (χ2n) is 5.07. The molecule has 0 rings (SSSR count). The van der Waals surface area contributed by atoms with Gasteiger partial charge in [0.05, 0.1) is 38.1 Å². The Balaban J connectivity index is 3.45. The summed E-state index contributed by atoms with van der Waals surface area (Å²) in [6.07, 6.45) is -0.286. The first kappa shape index (κ1) is 16.8. The molecule has 0 aromatic heterocycles. The zero-order chi connectivity index (χ0) is 13.3. The molecule has 0 aromatic carbocycles. The third-order valence-electron chi connectivity index (χ3n) is 2.04. The van der Waals surface area contributed by atoms with Crippen molar-refractivity contribution in [2.75, 3.05) is 26.4 Å². The Labute approximate surface area is 105 Å². The largest absolute Gasteiger partial charge is 0.391 e. The van der Waals surface area contributed by atoms with Crippen molar-refractivity contribution in [3.8, 4) is 0 Å². The fourth-order valence-electron chi connectivity index (χ4n) is 1.16. The first-order valence-electron chi connectivity index (χ1n) is 6.40. The van der Waals surface area contributed by atoms with Crippen LogP contribution in [0.3, 0.4) is 0 Å². The van der Waals surface area contributed by atoms with Crippen molar-refractivity contribution in [1.82, 2.24) is 0 Å². The molecule has 104 valence electrons. The lowest BCUT2D eigenvalue weighted by molar-refractivity contribution is -0.0682. The molecule has 0 radical (unpaired) electrons. The van der Waals surface area contributed by atoms with E-state index in [1.165, 1.54) is 0 Å². The van der Waals surface area contributed by atoms with Crippen molar-refractivity contribution in [2.24, 2.45) is 5.92 Å². The average molecular weight is 248 g/mol. The average Bonchev–Trinajstić information content (AvgIpc) is 2.23. The highest BCUT2D eigenvalue weighted by molar-refractivity contribution is 4.54. The van der Waals surface area contributed by atoms with Gasteiger partial charge in [0.15, 0.2) is 0 Å². The Morgan fingerprint density at radius 3 is 1.82 bits per heavy atom. The lowest BCUT2D eigenvalue weighted by atomic mass is 10.2. The van der Waals surface area contributed by atoms with Crippen LogP contribution in [0.4, 0.5) is 0 Å². The standard InChI is InChI=1S/C13H28O4/c1-10(2)6-16-13(5)9-17-12(4)8-15-7-11(3)14/h10-14H,6-9H2,1-5H3. The molecule has 0 bridgehead atoms. The first-order valence-corrected chi connectivity index (χ1v) is 6.40. The topological polar surface area (TPSA) is 47.9 Å². The zero-order valence-electron chi connectivity index (χ0n) is 11.8. The van der Waals surface area contributed by atoms with Gasteiger partial charge in [-0.1, -0.05) is 13.8 Å². The van der Waals surface area contributed by atoms with Gasteiger partial charge in [-0.05, 0) is 26.7 Å². The highest BCUT2D eigenvalue weighted by Crippen LogP contribution is 2.01. The molecule has 1 N–H and O–H groups in total. The third-order valence-corrected chi connectivity index (χ3v) is 2.04. The van der Waals surface area contributed by atoms with E-state index in [2.05, 4.69) is 13.8 Å². The molecule has 0 heterocycles. The Morgan fingerprint density at radius 2 is 1.29 bits per heavy atom. The van der Waals surface area contributed by atoms with Crippen LogP contribution in [0.25, 0.3) is 0 Å². The molecular formula is C13H28O4. The number of hydrogen-bond donors (Lipinski definition) is 1. The van der Waals surface area contributed by atoms with Crippen molar-refractivity contribution in [2.45, 2.75) is 52.9 Å². The molecule has 0 fully saturated rings. The van der Waals surface area contributed by atoms with E-state index < -0.39 is 6.10 Å². The number of ether oxygens (including phenoxy) is 3. The van der Waals surface area contributed by atoms with E-state index in [1.54, 1.807) is 6.92 Å². The van der Waals surface area contributed by atoms with Crippen LogP contribution in [0.5, 0.6) is 0 Å². The molecule has 0 aliphatic heterocycles. The first-order chi connectivity index (χ1) is 7.91. The van der Waals surface area contributed by atoms with Gasteiger partial charge in [0.1, 0.15) is 0 Å². The van der Waals surface area contributed by atoms with Crippen LogP contribution in [0, 0.1) is 5.92 Å². The number of rotatable bonds is 10. The van der Waals surface area contributed by atoms with E-state index in [0.29, 0.717) is 25.7 Å². The lowest BCUT2D eigenvalue weighted by Gasteiger charge is -2.19. The molecule has 3 atom stereocenters. The van der Waals surface area contributed by atoms with Gasteiger partial charge >= 0.3 is 0 Å². The van der Waals surface area contributed by atoms with Crippen molar-refractivity contribution in [3.63, 3.8) is 0 Å². The fraction of sp³-hybridized carbons (Fsp3) is 1.00. The molecule has 0 spiro atoms. The van der Waals surface area contributed by atoms with Crippen LogP contribution >= 0.6 is 0 Å². The highest BCUT2D eigenvalue weighted by Gasteiger charge is 2.08. The second-order valence-corrected chi connectivity index (χ2v) is 5.07. The molecule has 0 aliphatic rings. The fourth-order valence-corrected chi connectivity index (χ4v) is 1.16. The van der Waals surface area contributed by atoms with Gasteiger partial charge in [-0.3, -0.25) is 0 Å². The summed E-state index contributed by atoms with van der Waals surface area (Å²) in [5.74, 6) is 0.546. The van der Waals surface area contributed by atoms with Crippen LogP contribution in [0.2, 0.25) is 0 Å². The van der Waals surface area contributed by atoms with E-state index >= 15 is 0 Å². The second kappa shape index (κ2) is 9.83. The Kier molecular flexibility index (Phi) is 9.74.